The second-order valence-electron chi connectivity index (χ2n) is 4.49. The Kier molecular flexibility index (Phi) is 4.71. The summed E-state index contributed by atoms with van der Waals surface area (Å²) in [5.41, 5.74) is 5.62. The van der Waals surface area contributed by atoms with Gasteiger partial charge in [0.2, 0.25) is 5.91 Å². The van der Waals surface area contributed by atoms with Crippen LogP contribution in [0.3, 0.4) is 0 Å². The maximum Gasteiger partial charge on any atom is 0.232 e. The highest BCUT2D eigenvalue weighted by Gasteiger charge is 2.28. The summed E-state index contributed by atoms with van der Waals surface area (Å²) < 4.78 is 0. The third kappa shape index (κ3) is 3.22. The molecule has 2 heterocycles. The largest absolute Gasteiger partial charge is 0.393 e. The minimum atomic E-state index is -0.318. The van der Waals surface area contributed by atoms with Gasteiger partial charge in [-0.1, -0.05) is 19.1 Å². The molecule has 1 saturated heterocycles. The molecule has 0 spiro atoms. The third-order valence-electron chi connectivity index (χ3n) is 3.33. The van der Waals surface area contributed by atoms with E-state index in [0.29, 0.717) is 24.5 Å². The smallest absolute Gasteiger partial charge is 0.232 e. The molecule has 1 aliphatic rings. The van der Waals surface area contributed by atoms with Crippen molar-refractivity contribution in [2.24, 2.45) is 11.7 Å². The highest BCUT2D eigenvalue weighted by Crippen LogP contribution is 2.20. The zero-order valence-electron chi connectivity index (χ0n) is 10.9. The molecule has 1 fully saturated rings. The van der Waals surface area contributed by atoms with Crippen LogP contribution in [0.15, 0.2) is 11.6 Å². The Hall–Kier alpha value is -1.21. The fraction of sp³-hybridized carbons (Fsp3) is 0.583. The van der Waals surface area contributed by atoms with Crippen LogP contribution in [0.5, 0.6) is 0 Å². The van der Waals surface area contributed by atoms with Gasteiger partial charge in [0.05, 0.1) is 10.9 Å². The Bertz CT molecular complexity index is 441. The number of piperazine rings is 1. The molecule has 1 aliphatic heterocycles. The van der Waals surface area contributed by atoms with Crippen molar-refractivity contribution in [3.05, 3.63) is 11.6 Å². The van der Waals surface area contributed by atoms with Crippen LogP contribution >= 0.6 is 23.6 Å². The Morgan fingerprint density at radius 1 is 1.53 bits per heavy atom. The van der Waals surface area contributed by atoms with Gasteiger partial charge in [-0.2, -0.15) is 0 Å². The topological polar surface area (TPSA) is 62.5 Å². The van der Waals surface area contributed by atoms with Crippen LogP contribution in [0.25, 0.3) is 0 Å². The van der Waals surface area contributed by atoms with Gasteiger partial charge in [0.1, 0.15) is 0 Å². The average Bonchev–Trinajstić information content (AvgIpc) is 2.93. The minimum Gasteiger partial charge on any atom is -0.393 e. The standard InChI is InChI=1S/C12H18N4OS2/c1-2-9(10(13)18)11(17)15-4-6-16(7-5-15)12-14-3-8-19-12/h3,8-9H,2,4-7H2,1H3,(H2,13,18). The fourth-order valence-corrected chi connectivity index (χ4v) is 3.17. The minimum absolute atomic E-state index is 0.0637. The molecule has 5 nitrogen and oxygen atoms in total. The summed E-state index contributed by atoms with van der Waals surface area (Å²) in [6.07, 6.45) is 2.47. The number of amides is 1. The summed E-state index contributed by atoms with van der Waals surface area (Å²) in [5, 5.41) is 2.99. The van der Waals surface area contributed by atoms with Crippen LogP contribution in [0.1, 0.15) is 13.3 Å². The van der Waals surface area contributed by atoms with E-state index >= 15 is 0 Å². The molecule has 2 rings (SSSR count). The molecule has 104 valence electrons. The number of thiazole rings is 1. The van der Waals surface area contributed by atoms with E-state index in [0.717, 1.165) is 18.2 Å². The predicted octanol–water partition coefficient (Wildman–Crippen LogP) is 1.10. The van der Waals surface area contributed by atoms with Gasteiger partial charge in [-0.25, -0.2) is 4.98 Å². The molecule has 1 aromatic rings. The van der Waals surface area contributed by atoms with Crippen molar-refractivity contribution in [3.8, 4) is 0 Å². The molecule has 2 N–H and O–H groups in total. The molecule has 1 unspecified atom stereocenters. The van der Waals surface area contributed by atoms with Crippen molar-refractivity contribution in [3.63, 3.8) is 0 Å². The van der Waals surface area contributed by atoms with Crippen LogP contribution in [0.4, 0.5) is 5.13 Å². The summed E-state index contributed by atoms with van der Waals surface area (Å²) in [6, 6.07) is 0. The number of hydrogen-bond acceptors (Lipinski definition) is 5. The van der Waals surface area contributed by atoms with Gasteiger partial charge in [0.25, 0.3) is 0 Å². The number of thiocarbonyl (C=S) groups is 1. The lowest BCUT2D eigenvalue weighted by Gasteiger charge is -2.36. The molecule has 0 radical (unpaired) electrons. The van der Waals surface area contributed by atoms with Crippen molar-refractivity contribution in [1.82, 2.24) is 9.88 Å². The van der Waals surface area contributed by atoms with Gasteiger partial charge in [-0.05, 0) is 6.42 Å². The van der Waals surface area contributed by atoms with E-state index in [9.17, 15) is 4.79 Å². The van der Waals surface area contributed by atoms with Crippen molar-refractivity contribution in [2.45, 2.75) is 13.3 Å². The predicted molar refractivity (Wildman–Crippen MR) is 81.5 cm³/mol. The molecular weight excluding hydrogens is 280 g/mol. The zero-order chi connectivity index (χ0) is 13.8. The molecule has 0 aromatic carbocycles. The second-order valence-corrected chi connectivity index (χ2v) is 5.83. The van der Waals surface area contributed by atoms with Crippen LogP contribution < -0.4 is 10.6 Å². The van der Waals surface area contributed by atoms with E-state index in [4.69, 9.17) is 18.0 Å². The van der Waals surface area contributed by atoms with Crippen molar-refractivity contribution < 1.29 is 4.79 Å². The first-order valence-corrected chi connectivity index (χ1v) is 7.64. The van der Waals surface area contributed by atoms with Crippen LogP contribution in [0, 0.1) is 5.92 Å². The Morgan fingerprint density at radius 3 is 2.68 bits per heavy atom. The lowest BCUT2D eigenvalue weighted by Crippen LogP contribution is -2.51. The van der Waals surface area contributed by atoms with Gasteiger partial charge >= 0.3 is 0 Å². The first-order chi connectivity index (χ1) is 9.13. The maximum atomic E-state index is 12.3. The number of rotatable bonds is 4. The molecule has 1 aromatic heterocycles. The van der Waals surface area contributed by atoms with E-state index in [2.05, 4.69) is 9.88 Å². The maximum absolute atomic E-state index is 12.3. The lowest BCUT2D eigenvalue weighted by molar-refractivity contribution is -0.133. The number of nitrogens with zero attached hydrogens (tertiary/aromatic N) is 3. The van der Waals surface area contributed by atoms with Crippen LogP contribution in [0.2, 0.25) is 0 Å². The van der Waals surface area contributed by atoms with Gasteiger partial charge < -0.3 is 15.5 Å². The summed E-state index contributed by atoms with van der Waals surface area (Å²) in [5.74, 6) is -0.254. The molecule has 19 heavy (non-hydrogen) atoms. The average molecular weight is 298 g/mol. The van der Waals surface area contributed by atoms with Gasteiger partial charge in [-0.3, -0.25) is 4.79 Å². The molecule has 0 aliphatic carbocycles. The van der Waals surface area contributed by atoms with Gasteiger partial charge in [-0.15, -0.1) is 11.3 Å². The van der Waals surface area contributed by atoms with E-state index in [-0.39, 0.29) is 11.8 Å². The molecule has 1 atom stereocenters. The summed E-state index contributed by atoms with van der Waals surface area (Å²) in [7, 11) is 0. The summed E-state index contributed by atoms with van der Waals surface area (Å²) in [4.78, 5) is 20.9. The fourth-order valence-electron chi connectivity index (χ4n) is 2.21. The van der Waals surface area contributed by atoms with E-state index in [1.807, 2.05) is 17.2 Å². The highest BCUT2D eigenvalue weighted by atomic mass is 32.1. The number of carbonyl (C=O) groups is 1. The van der Waals surface area contributed by atoms with Gasteiger partial charge in [0.15, 0.2) is 5.13 Å². The molecule has 0 bridgehead atoms. The molecule has 7 heteroatoms. The third-order valence-corrected chi connectivity index (χ3v) is 4.45. The Balaban J connectivity index is 1.92. The number of hydrogen-bond donors (Lipinski definition) is 1. The van der Waals surface area contributed by atoms with Crippen molar-refractivity contribution in [2.75, 3.05) is 31.1 Å². The van der Waals surface area contributed by atoms with E-state index in [1.165, 1.54) is 0 Å². The number of nitrogens with two attached hydrogens (primary N) is 1. The normalized spacial score (nSPS) is 17.3. The second kappa shape index (κ2) is 6.29. The zero-order valence-corrected chi connectivity index (χ0v) is 12.5. The Labute approximate surface area is 122 Å². The number of aromatic nitrogens is 1. The monoisotopic (exact) mass is 298 g/mol. The Morgan fingerprint density at radius 2 is 2.21 bits per heavy atom. The van der Waals surface area contributed by atoms with Crippen LogP contribution in [-0.2, 0) is 4.79 Å². The SMILES string of the molecule is CCC(C(=O)N1CCN(c2nccs2)CC1)C(N)=S. The highest BCUT2D eigenvalue weighted by molar-refractivity contribution is 7.80. The first-order valence-electron chi connectivity index (χ1n) is 6.36. The van der Waals surface area contributed by atoms with E-state index in [1.54, 1.807) is 17.5 Å². The van der Waals surface area contributed by atoms with E-state index < -0.39 is 0 Å². The first kappa shape index (κ1) is 14.2. The lowest BCUT2D eigenvalue weighted by atomic mass is 10.0. The number of anilines is 1. The molecule has 0 saturated carbocycles. The van der Waals surface area contributed by atoms with Gasteiger partial charge in [0, 0.05) is 37.8 Å². The summed E-state index contributed by atoms with van der Waals surface area (Å²) in [6.45, 7) is 4.97. The molecular formula is C12H18N4OS2. The molecule has 1 amide bonds. The number of carbonyl (C=O) groups excluding carboxylic acids is 1. The summed E-state index contributed by atoms with van der Waals surface area (Å²) >= 11 is 6.59. The quantitative estimate of drug-likeness (QED) is 0.844. The van der Waals surface area contributed by atoms with Crippen LogP contribution in [-0.4, -0.2) is 47.0 Å². The van der Waals surface area contributed by atoms with Crippen molar-refractivity contribution >= 4 is 39.6 Å². The van der Waals surface area contributed by atoms with Crippen molar-refractivity contribution in [1.29, 1.82) is 0 Å².